The van der Waals surface area contributed by atoms with Crippen molar-refractivity contribution in [2.24, 2.45) is 0 Å². The minimum Gasteiger partial charge on any atom is -0.744 e. The Morgan fingerprint density at radius 3 is 1.36 bits per heavy atom. The summed E-state index contributed by atoms with van der Waals surface area (Å²) in [6.45, 7) is 3.40. The first-order valence-electron chi connectivity index (χ1n) is 8.65. The molecule has 36 heavy (non-hydrogen) atoms. The predicted molar refractivity (Wildman–Crippen MR) is 113 cm³/mol. The third-order valence-electron chi connectivity index (χ3n) is 4.91. The van der Waals surface area contributed by atoms with Crippen molar-refractivity contribution in [3.8, 4) is 5.75 Å². The zero-order chi connectivity index (χ0) is 23.6. The first-order chi connectivity index (χ1) is 14.7. The van der Waals surface area contributed by atoms with Gasteiger partial charge in [0, 0.05) is 32.3 Å². The molecule has 0 heterocycles. The molecule has 176 valence electrons. The van der Waals surface area contributed by atoms with Gasteiger partial charge in [0.05, 0.1) is 14.7 Å². The summed E-state index contributed by atoms with van der Waals surface area (Å²) in [4.78, 5) is -2.66. The van der Waals surface area contributed by atoms with Gasteiger partial charge >= 0.3 is 88.7 Å². The van der Waals surface area contributed by atoms with Gasteiger partial charge in [-0.15, -0.1) is 0 Å². The maximum Gasteiger partial charge on any atom is 1.00 e. The molecular weight excluding hydrogens is 569 g/mol. The van der Waals surface area contributed by atoms with Crippen LogP contribution in [0.1, 0.15) is 0 Å². The minimum atomic E-state index is -5.25. The molecule has 0 aliphatic carbocycles. The number of hydrogen-bond donors (Lipinski definition) is 0. The zero-order valence-corrected chi connectivity index (χ0v) is 27.7. The van der Waals surface area contributed by atoms with Crippen LogP contribution in [-0.2, 0) is 30.4 Å². The number of benzene rings is 4. The maximum atomic E-state index is 11.9. The Hall–Kier alpha value is 0.150. The van der Waals surface area contributed by atoms with Gasteiger partial charge in [0.25, 0.3) is 0 Å². The van der Waals surface area contributed by atoms with E-state index in [4.69, 9.17) is 4.74 Å². The van der Waals surface area contributed by atoms with Crippen LogP contribution in [0.15, 0.2) is 63.7 Å². The molecule has 4 aromatic carbocycles. The van der Waals surface area contributed by atoms with E-state index in [0.717, 1.165) is 18.2 Å². The van der Waals surface area contributed by atoms with Crippen LogP contribution in [0.2, 0.25) is 0 Å². The molecule has 17 heteroatoms. The van der Waals surface area contributed by atoms with Gasteiger partial charge in [-0.05, 0) is 18.2 Å². The molecule has 0 aliphatic heterocycles. The molecule has 0 aromatic heterocycles. The van der Waals surface area contributed by atoms with Crippen LogP contribution < -0.4 is 93.4 Å². The molecule has 4 aromatic rings. The van der Waals surface area contributed by atoms with Crippen molar-refractivity contribution in [2.45, 2.75) is 14.7 Å². The fraction of sp³-hybridized carbons (Fsp3) is 0.0526. The van der Waals surface area contributed by atoms with Crippen LogP contribution in [0.3, 0.4) is 0 Å². The fourth-order valence-corrected chi connectivity index (χ4v) is 5.92. The van der Waals surface area contributed by atoms with Crippen molar-refractivity contribution in [2.75, 3.05) is 6.61 Å². The molecule has 2 N–H and O–H groups in total. The summed E-state index contributed by atoms with van der Waals surface area (Å²) in [6, 6.07) is 6.23. The Morgan fingerprint density at radius 2 is 1.00 bits per heavy atom. The largest absolute Gasteiger partial charge is 1.00 e. The summed E-state index contributed by atoms with van der Waals surface area (Å²) in [5.41, 5.74) is 0. The Bertz CT molecular complexity index is 1720. The number of rotatable bonds is 6. The molecule has 0 spiro atoms. The van der Waals surface area contributed by atoms with Gasteiger partial charge < -0.3 is 23.9 Å². The standard InChI is InChI=1S/C19H14O10S3.3Na.H2O/c1-2-7-29-14-8-15(30(20,21)22)11-5-6-13-17(32(26,27)28)9-16(31(23,24)25)12-4-3-10(14)18(11)19(12)13;;;;/h2-6,8-9H,1,7H2,(H,20,21,22)(H,23,24,25)(H,26,27,28);;;;1H2/q;3*+1;/p-3. The number of hydrogen-bond acceptors (Lipinski definition) is 10. The van der Waals surface area contributed by atoms with E-state index in [2.05, 4.69) is 6.58 Å². The second kappa shape index (κ2) is 12.6. The van der Waals surface area contributed by atoms with E-state index in [1.54, 1.807) is 0 Å². The van der Waals surface area contributed by atoms with Gasteiger partial charge in [0.1, 0.15) is 42.7 Å². The van der Waals surface area contributed by atoms with Gasteiger partial charge in [-0.1, -0.05) is 30.9 Å². The molecular formula is C19H13Na3O11S3. The minimum absolute atomic E-state index is 0. The molecule has 0 fully saturated rings. The van der Waals surface area contributed by atoms with Gasteiger partial charge in [-0.2, -0.15) is 0 Å². The van der Waals surface area contributed by atoms with Crippen LogP contribution in [0.25, 0.3) is 32.3 Å². The van der Waals surface area contributed by atoms with E-state index in [0.29, 0.717) is 6.07 Å². The topological polar surface area (TPSA) is 212 Å². The van der Waals surface area contributed by atoms with Gasteiger partial charge in [-0.25, -0.2) is 25.3 Å². The number of ether oxygens (including phenoxy) is 1. The van der Waals surface area contributed by atoms with Crippen LogP contribution in [0.5, 0.6) is 5.75 Å². The smallest absolute Gasteiger partial charge is 0.744 e. The van der Waals surface area contributed by atoms with Crippen LogP contribution in [-0.4, -0.2) is 51.0 Å². The van der Waals surface area contributed by atoms with E-state index in [1.165, 1.54) is 18.2 Å². The molecule has 4 rings (SSSR count). The first kappa shape index (κ1) is 36.1. The van der Waals surface area contributed by atoms with Crippen molar-refractivity contribution < 1.29 is 138 Å². The molecule has 0 amide bonds. The third-order valence-corrected chi connectivity index (χ3v) is 7.54. The van der Waals surface area contributed by atoms with Crippen molar-refractivity contribution in [1.29, 1.82) is 0 Å². The van der Waals surface area contributed by atoms with Gasteiger partial charge in [-0.3, -0.25) is 0 Å². The first-order valence-corrected chi connectivity index (χ1v) is 12.9. The maximum absolute atomic E-state index is 11.9. The summed E-state index contributed by atoms with van der Waals surface area (Å²) in [7, 11) is -15.6. The van der Waals surface area contributed by atoms with Crippen molar-refractivity contribution in [1.82, 2.24) is 0 Å². The van der Waals surface area contributed by atoms with E-state index in [1.807, 2.05) is 0 Å². The van der Waals surface area contributed by atoms with E-state index in [-0.39, 0.29) is 139 Å². The average Bonchev–Trinajstić information content (AvgIpc) is 2.67. The summed E-state index contributed by atoms with van der Waals surface area (Å²) in [5.74, 6) is -0.0804. The Balaban J connectivity index is 0.00000306. The predicted octanol–water partition coefficient (Wildman–Crippen LogP) is -7.95. The Kier molecular flexibility index (Phi) is 12.6. The zero-order valence-electron chi connectivity index (χ0n) is 19.3. The molecule has 0 saturated heterocycles. The summed E-state index contributed by atoms with van der Waals surface area (Å²) in [5, 5.41) is -0.672. The molecule has 0 aliphatic rings. The molecule has 0 saturated carbocycles. The fourth-order valence-electron chi connectivity index (χ4n) is 3.75. The molecule has 0 bridgehead atoms. The molecule has 0 atom stereocenters. The average molecular weight is 582 g/mol. The molecule has 0 unspecified atom stereocenters. The molecule has 11 nitrogen and oxygen atoms in total. The van der Waals surface area contributed by atoms with Crippen LogP contribution >= 0.6 is 0 Å². The van der Waals surface area contributed by atoms with Gasteiger partial charge in [0.2, 0.25) is 0 Å². The summed E-state index contributed by atoms with van der Waals surface area (Å²) in [6.07, 6.45) is 1.35. The van der Waals surface area contributed by atoms with Gasteiger partial charge in [0.15, 0.2) is 0 Å². The second-order valence-electron chi connectivity index (χ2n) is 6.78. The van der Waals surface area contributed by atoms with Crippen LogP contribution in [0.4, 0.5) is 0 Å². The van der Waals surface area contributed by atoms with E-state index < -0.39 is 45.0 Å². The third kappa shape index (κ3) is 6.47. The Labute approximate surface area is 273 Å². The SMILES string of the molecule is C=CCOc1cc(S(=O)(=O)[O-])c2ccc3c(S(=O)(=O)[O-])cc(S(=O)(=O)[O-])c4ccc1c2c43.O.[Na+].[Na+].[Na+]. The van der Waals surface area contributed by atoms with E-state index in [9.17, 15) is 38.9 Å². The molecule has 0 radical (unpaired) electrons. The Morgan fingerprint density at radius 1 is 0.667 bits per heavy atom. The summed E-state index contributed by atoms with van der Waals surface area (Å²) >= 11 is 0. The van der Waals surface area contributed by atoms with Crippen molar-refractivity contribution in [3.05, 3.63) is 49.1 Å². The van der Waals surface area contributed by atoms with Crippen molar-refractivity contribution in [3.63, 3.8) is 0 Å². The van der Waals surface area contributed by atoms with Crippen molar-refractivity contribution >= 4 is 62.7 Å². The quantitative estimate of drug-likeness (QED) is 0.0906. The van der Waals surface area contributed by atoms with Crippen LogP contribution in [0, 0.1) is 0 Å². The summed E-state index contributed by atoms with van der Waals surface area (Å²) < 4.78 is 112. The van der Waals surface area contributed by atoms with E-state index >= 15 is 0 Å². The monoisotopic (exact) mass is 582 g/mol. The normalized spacial score (nSPS) is 11.8. The second-order valence-corrected chi connectivity index (χ2v) is 10.8.